The number of hydrogen-bond donors (Lipinski definition) is 1. The number of amides is 1. The van der Waals surface area contributed by atoms with Crippen LogP contribution >= 0.6 is 22.9 Å². The van der Waals surface area contributed by atoms with Gasteiger partial charge >= 0.3 is 0 Å². The van der Waals surface area contributed by atoms with E-state index in [4.69, 9.17) is 11.6 Å². The summed E-state index contributed by atoms with van der Waals surface area (Å²) in [7, 11) is -3.40. The Morgan fingerprint density at radius 2 is 2.05 bits per heavy atom. The molecule has 1 N–H and O–H groups in total. The Morgan fingerprint density at radius 1 is 1.27 bits per heavy atom. The first-order valence-corrected chi connectivity index (χ1v) is 9.36. The maximum absolute atomic E-state index is 13.0. The molecule has 0 spiro atoms. The van der Waals surface area contributed by atoms with E-state index in [1.54, 1.807) is 12.1 Å². The van der Waals surface area contributed by atoms with Crippen molar-refractivity contribution in [2.45, 2.75) is 12.2 Å². The average molecular weight is 362 g/mol. The Hall–Kier alpha value is -1.44. The first-order valence-electron chi connectivity index (χ1n) is 6.34. The second-order valence-electron chi connectivity index (χ2n) is 4.61. The second kappa shape index (κ2) is 7.21. The lowest BCUT2D eigenvalue weighted by atomic mass is 10.3. The van der Waals surface area contributed by atoms with E-state index in [0.717, 1.165) is 0 Å². The minimum absolute atomic E-state index is 0.141. The van der Waals surface area contributed by atoms with E-state index in [0.29, 0.717) is 14.9 Å². The van der Waals surface area contributed by atoms with Gasteiger partial charge in [0.25, 0.3) is 0 Å². The van der Waals surface area contributed by atoms with Crippen molar-refractivity contribution in [3.8, 4) is 0 Å². The number of thiophene rings is 1. The first kappa shape index (κ1) is 16.9. The molecule has 2 rings (SSSR count). The fraction of sp³-hybridized carbons (Fsp3) is 0.214. The quantitative estimate of drug-likeness (QED) is 0.856. The normalized spacial score (nSPS) is 11.4. The SMILES string of the molecule is O=C(CCS(=O)(=O)Cc1ccc(Cl)s1)Nc1cccc(F)c1. The number of halogens is 2. The molecule has 0 bridgehead atoms. The van der Waals surface area contributed by atoms with Gasteiger partial charge in [0.1, 0.15) is 5.82 Å². The standard InChI is InChI=1S/C14H13ClFNO3S2/c15-13-5-4-12(21-13)9-22(19,20)7-6-14(18)17-11-3-1-2-10(16)8-11/h1-5,8H,6-7,9H2,(H,17,18). The maximum atomic E-state index is 13.0. The number of anilines is 1. The predicted octanol–water partition coefficient (Wildman–Crippen LogP) is 3.48. The monoisotopic (exact) mass is 361 g/mol. The highest BCUT2D eigenvalue weighted by molar-refractivity contribution is 7.90. The van der Waals surface area contributed by atoms with Gasteiger partial charge in [0.2, 0.25) is 5.91 Å². The molecule has 0 atom stereocenters. The maximum Gasteiger partial charge on any atom is 0.225 e. The summed E-state index contributed by atoms with van der Waals surface area (Å²) in [6.45, 7) is 0. The Balaban J connectivity index is 1.87. The van der Waals surface area contributed by atoms with Gasteiger partial charge in [-0.2, -0.15) is 0 Å². The highest BCUT2D eigenvalue weighted by atomic mass is 35.5. The van der Waals surface area contributed by atoms with Gasteiger partial charge in [-0.1, -0.05) is 17.7 Å². The third-order valence-corrected chi connectivity index (χ3v) is 5.73. The first-order chi connectivity index (χ1) is 10.3. The number of carbonyl (C=O) groups excluding carboxylic acids is 1. The number of benzene rings is 1. The molecule has 22 heavy (non-hydrogen) atoms. The summed E-state index contributed by atoms with van der Waals surface area (Å²) in [5.41, 5.74) is 0.299. The largest absolute Gasteiger partial charge is 0.326 e. The third kappa shape index (κ3) is 5.40. The van der Waals surface area contributed by atoms with Gasteiger partial charge in [-0.05, 0) is 30.3 Å². The van der Waals surface area contributed by atoms with Crippen LogP contribution in [0.2, 0.25) is 4.34 Å². The van der Waals surface area contributed by atoms with Crippen LogP contribution in [-0.2, 0) is 20.4 Å². The summed E-state index contributed by atoms with van der Waals surface area (Å²) < 4.78 is 37.4. The molecule has 0 saturated carbocycles. The Labute approximate surface area is 136 Å². The van der Waals surface area contributed by atoms with Crippen molar-refractivity contribution in [3.05, 3.63) is 51.4 Å². The van der Waals surface area contributed by atoms with Crippen LogP contribution in [0.15, 0.2) is 36.4 Å². The van der Waals surface area contributed by atoms with Gasteiger partial charge in [0, 0.05) is 17.0 Å². The van der Waals surface area contributed by atoms with E-state index in [2.05, 4.69) is 5.32 Å². The van der Waals surface area contributed by atoms with Crippen molar-refractivity contribution in [1.82, 2.24) is 0 Å². The van der Waals surface area contributed by atoms with E-state index in [1.165, 1.54) is 35.6 Å². The molecular formula is C14H13ClFNO3S2. The van der Waals surface area contributed by atoms with Gasteiger partial charge in [0.05, 0.1) is 15.8 Å². The van der Waals surface area contributed by atoms with E-state index in [-0.39, 0.29) is 17.9 Å². The lowest BCUT2D eigenvalue weighted by Crippen LogP contribution is -2.18. The van der Waals surface area contributed by atoms with Gasteiger partial charge in [0.15, 0.2) is 9.84 Å². The van der Waals surface area contributed by atoms with Crippen molar-refractivity contribution in [2.24, 2.45) is 0 Å². The molecule has 0 saturated heterocycles. The lowest BCUT2D eigenvalue weighted by Gasteiger charge is -2.06. The summed E-state index contributed by atoms with van der Waals surface area (Å²) in [5, 5.41) is 2.46. The molecule has 0 fully saturated rings. The molecular weight excluding hydrogens is 349 g/mol. The van der Waals surface area contributed by atoms with Crippen molar-refractivity contribution >= 4 is 44.4 Å². The summed E-state index contributed by atoms with van der Waals surface area (Å²) in [6, 6.07) is 8.70. The third-order valence-electron chi connectivity index (χ3n) is 2.74. The zero-order valence-electron chi connectivity index (χ0n) is 11.4. The van der Waals surface area contributed by atoms with Gasteiger partial charge < -0.3 is 5.32 Å². The molecule has 0 aliphatic heterocycles. The van der Waals surface area contributed by atoms with Gasteiger partial charge in [-0.15, -0.1) is 11.3 Å². The number of hydrogen-bond acceptors (Lipinski definition) is 4. The molecule has 0 radical (unpaired) electrons. The zero-order valence-corrected chi connectivity index (χ0v) is 13.8. The van der Waals surface area contributed by atoms with Crippen LogP contribution in [0.1, 0.15) is 11.3 Å². The van der Waals surface area contributed by atoms with Crippen molar-refractivity contribution in [3.63, 3.8) is 0 Å². The molecule has 1 heterocycles. The molecule has 118 valence electrons. The molecule has 1 aromatic heterocycles. The fourth-order valence-corrected chi connectivity index (χ4v) is 4.58. The van der Waals surface area contributed by atoms with Crippen molar-refractivity contribution in [1.29, 1.82) is 0 Å². The summed E-state index contributed by atoms with van der Waals surface area (Å²) in [6.07, 6.45) is -0.183. The number of rotatable bonds is 6. The van der Waals surface area contributed by atoms with E-state index >= 15 is 0 Å². The molecule has 0 aliphatic carbocycles. The minimum Gasteiger partial charge on any atom is -0.326 e. The van der Waals surface area contributed by atoms with Crippen LogP contribution < -0.4 is 5.32 Å². The van der Waals surface area contributed by atoms with Gasteiger partial charge in [-0.3, -0.25) is 4.79 Å². The second-order valence-corrected chi connectivity index (χ2v) is 8.59. The highest BCUT2D eigenvalue weighted by Crippen LogP contribution is 2.23. The van der Waals surface area contributed by atoms with Gasteiger partial charge in [-0.25, -0.2) is 12.8 Å². The Kier molecular flexibility index (Phi) is 5.55. The highest BCUT2D eigenvalue weighted by Gasteiger charge is 2.16. The van der Waals surface area contributed by atoms with Crippen LogP contribution in [0.5, 0.6) is 0 Å². The minimum atomic E-state index is -3.40. The molecule has 4 nitrogen and oxygen atoms in total. The topological polar surface area (TPSA) is 63.2 Å². The molecule has 1 amide bonds. The molecule has 2 aromatic rings. The average Bonchev–Trinajstić information content (AvgIpc) is 2.81. The van der Waals surface area contributed by atoms with E-state index in [9.17, 15) is 17.6 Å². The van der Waals surface area contributed by atoms with Crippen LogP contribution in [0.4, 0.5) is 10.1 Å². The molecule has 8 heteroatoms. The predicted molar refractivity (Wildman–Crippen MR) is 86.5 cm³/mol. The van der Waals surface area contributed by atoms with E-state index in [1.807, 2.05) is 0 Å². The molecule has 1 aromatic carbocycles. The number of carbonyl (C=O) groups is 1. The zero-order chi connectivity index (χ0) is 16.2. The van der Waals surface area contributed by atoms with Crippen LogP contribution in [0.25, 0.3) is 0 Å². The van der Waals surface area contributed by atoms with Crippen molar-refractivity contribution < 1.29 is 17.6 Å². The Morgan fingerprint density at radius 3 is 2.68 bits per heavy atom. The van der Waals surface area contributed by atoms with E-state index < -0.39 is 21.6 Å². The van der Waals surface area contributed by atoms with Crippen molar-refractivity contribution in [2.75, 3.05) is 11.1 Å². The molecule has 0 aliphatic rings. The number of nitrogens with one attached hydrogen (secondary N) is 1. The summed E-state index contributed by atoms with van der Waals surface area (Å²) >= 11 is 6.95. The summed E-state index contributed by atoms with van der Waals surface area (Å²) in [5.74, 6) is -1.36. The lowest BCUT2D eigenvalue weighted by molar-refractivity contribution is -0.115. The van der Waals surface area contributed by atoms with Crippen LogP contribution in [0, 0.1) is 5.82 Å². The Bertz CT molecular complexity index is 774. The molecule has 0 unspecified atom stereocenters. The van der Waals surface area contributed by atoms with Crippen LogP contribution in [0.3, 0.4) is 0 Å². The van der Waals surface area contributed by atoms with Crippen LogP contribution in [-0.4, -0.2) is 20.1 Å². The fourth-order valence-electron chi connectivity index (χ4n) is 1.76. The smallest absolute Gasteiger partial charge is 0.225 e. The summed E-state index contributed by atoms with van der Waals surface area (Å²) in [4.78, 5) is 12.3. The number of sulfone groups is 1.